The number of imidazole rings is 1. The molecule has 2 unspecified atom stereocenters. The van der Waals surface area contributed by atoms with E-state index >= 15 is 0 Å². The molecule has 42 heavy (non-hydrogen) atoms. The number of benzene rings is 1. The molecule has 0 radical (unpaired) electrons. The quantitative estimate of drug-likeness (QED) is 0.252. The average molecular weight is 563 g/mol. The average Bonchev–Trinajstić information content (AvgIpc) is 3.67. The molecule has 0 bridgehead atoms. The Kier molecular flexibility index (Phi) is 8.72. The van der Waals surface area contributed by atoms with E-state index in [1.165, 1.54) is 0 Å². The van der Waals surface area contributed by atoms with Crippen LogP contribution in [0.1, 0.15) is 67.1 Å². The molecule has 2 fully saturated rings. The summed E-state index contributed by atoms with van der Waals surface area (Å²) in [5.41, 5.74) is 4.55. The first kappa shape index (κ1) is 27.9. The molecule has 214 valence electrons. The van der Waals surface area contributed by atoms with Crippen molar-refractivity contribution >= 4 is 0 Å². The standard InChI is InChI=1S/C33H34N6O3/c1-24(41-32-4-2-3-17-40-32)33-35-15-16-39(33)23-30-18-31(42-37-30)28-10-7-25(8-11-28)5-6-26-9-12-29(36-19-26)22-38-20-27(21-38)13-14-34/h7-12,15-16,18-19,24,27,32H,2-4,13,17,20-23H2,1H3. The van der Waals surface area contributed by atoms with Gasteiger partial charge in [-0.2, -0.15) is 5.26 Å². The number of nitriles is 1. The van der Waals surface area contributed by atoms with Gasteiger partial charge in [-0.05, 0) is 68.5 Å². The third kappa shape index (κ3) is 6.95. The van der Waals surface area contributed by atoms with Gasteiger partial charge in [0.05, 0.1) is 18.3 Å². The normalized spacial score (nSPS) is 18.0. The van der Waals surface area contributed by atoms with Gasteiger partial charge in [0.2, 0.25) is 0 Å². The van der Waals surface area contributed by atoms with Crippen LogP contribution in [0.2, 0.25) is 0 Å². The van der Waals surface area contributed by atoms with Gasteiger partial charge in [0, 0.05) is 74.0 Å². The van der Waals surface area contributed by atoms with Gasteiger partial charge in [0.1, 0.15) is 17.6 Å². The number of ether oxygens (including phenoxy) is 2. The minimum absolute atomic E-state index is 0.173. The molecule has 3 aromatic heterocycles. The minimum Gasteiger partial charge on any atom is -0.356 e. The second-order valence-corrected chi connectivity index (χ2v) is 11.0. The van der Waals surface area contributed by atoms with Crippen molar-refractivity contribution in [1.82, 2.24) is 24.6 Å². The van der Waals surface area contributed by atoms with Gasteiger partial charge in [0.25, 0.3) is 0 Å². The van der Waals surface area contributed by atoms with Gasteiger partial charge in [0.15, 0.2) is 12.1 Å². The maximum atomic E-state index is 8.80. The lowest BCUT2D eigenvalue weighted by Gasteiger charge is -2.37. The van der Waals surface area contributed by atoms with E-state index < -0.39 is 0 Å². The van der Waals surface area contributed by atoms with Crippen molar-refractivity contribution in [1.29, 1.82) is 5.26 Å². The Morgan fingerprint density at radius 1 is 1.02 bits per heavy atom. The molecule has 0 amide bonds. The van der Waals surface area contributed by atoms with Crippen LogP contribution in [0.3, 0.4) is 0 Å². The number of pyridine rings is 1. The third-order valence-electron chi connectivity index (χ3n) is 7.64. The molecule has 5 heterocycles. The van der Waals surface area contributed by atoms with Gasteiger partial charge in [-0.3, -0.25) is 9.88 Å². The molecule has 0 aliphatic carbocycles. The van der Waals surface area contributed by atoms with Crippen LogP contribution in [0, 0.1) is 29.1 Å². The second-order valence-electron chi connectivity index (χ2n) is 11.0. The van der Waals surface area contributed by atoms with Crippen LogP contribution in [0.4, 0.5) is 0 Å². The number of nitrogens with zero attached hydrogens (tertiary/aromatic N) is 6. The van der Waals surface area contributed by atoms with E-state index in [2.05, 4.69) is 37.9 Å². The van der Waals surface area contributed by atoms with Crippen LogP contribution in [-0.4, -0.2) is 50.6 Å². The molecule has 9 nitrogen and oxygen atoms in total. The first-order valence-electron chi connectivity index (χ1n) is 14.5. The Hall–Kier alpha value is -4.28. The Labute approximate surface area is 246 Å². The monoisotopic (exact) mass is 562 g/mol. The van der Waals surface area contributed by atoms with Crippen LogP contribution < -0.4 is 0 Å². The summed E-state index contributed by atoms with van der Waals surface area (Å²) in [5, 5.41) is 13.1. The molecule has 2 atom stereocenters. The van der Waals surface area contributed by atoms with Crippen LogP contribution in [0.15, 0.2) is 65.6 Å². The molecular weight excluding hydrogens is 528 g/mol. The topological polar surface area (TPSA) is 102 Å². The predicted octanol–water partition coefficient (Wildman–Crippen LogP) is 5.33. The largest absolute Gasteiger partial charge is 0.356 e. The van der Waals surface area contributed by atoms with Gasteiger partial charge >= 0.3 is 0 Å². The maximum absolute atomic E-state index is 8.80. The molecule has 1 aromatic carbocycles. The van der Waals surface area contributed by atoms with Crippen molar-refractivity contribution in [3.05, 3.63) is 89.4 Å². The molecule has 2 aliphatic heterocycles. The van der Waals surface area contributed by atoms with Crippen LogP contribution in [-0.2, 0) is 22.6 Å². The van der Waals surface area contributed by atoms with Crippen molar-refractivity contribution in [3.63, 3.8) is 0 Å². The first-order chi connectivity index (χ1) is 20.6. The van der Waals surface area contributed by atoms with Crippen molar-refractivity contribution in [2.24, 2.45) is 5.92 Å². The number of hydrogen-bond donors (Lipinski definition) is 0. The van der Waals surface area contributed by atoms with Crippen molar-refractivity contribution in [2.75, 3.05) is 19.7 Å². The van der Waals surface area contributed by atoms with Gasteiger partial charge < -0.3 is 18.6 Å². The Balaban J connectivity index is 1.03. The Morgan fingerprint density at radius 2 is 1.86 bits per heavy atom. The summed E-state index contributed by atoms with van der Waals surface area (Å²) < 4.78 is 19.5. The lowest BCUT2D eigenvalue weighted by atomic mass is 9.97. The fraction of sp³-hybridized carbons (Fsp3) is 0.394. The number of likely N-dealkylation sites (tertiary alicyclic amines) is 1. The van der Waals surface area contributed by atoms with Crippen molar-refractivity contribution in [3.8, 4) is 29.2 Å². The van der Waals surface area contributed by atoms with Crippen LogP contribution in [0.5, 0.6) is 0 Å². The summed E-state index contributed by atoms with van der Waals surface area (Å²) in [6, 6.07) is 16.2. The predicted molar refractivity (Wildman–Crippen MR) is 156 cm³/mol. The van der Waals surface area contributed by atoms with Crippen LogP contribution >= 0.6 is 0 Å². The van der Waals surface area contributed by atoms with Gasteiger partial charge in [-0.25, -0.2) is 4.98 Å². The van der Waals surface area contributed by atoms with E-state index in [0.29, 0.717) is 24.6 Å². The molecule has 9 heteroatoms. The molecule has 0 spiro atoms. The molecule has 2 aliphatic rings. The number of hydrogen-bond acceptors (Lipinski definition) is 8. The fourth-order valence-corrected chi connectivity index (χ4v) is 5.36. The minimum atomic E-state index is -0.189. The summed E-state index contributed by atoms with van der Waals surface area (Å²) in [6.45, 7) is 6.04. The highest BCUT2D eigenvalue weighted by atomic mass is 16.7. The van der Waals surface area contributed by atoms with E-state index in [4.69, 9.17) is 19.3 Å². The van der Waals surface area contributed by atoms with Gasteiger partial charge in [-0.1, -0.05) is 17.0 Å². The van der Waals surface area contributed by atoms with E-state index in [1.807, 2.05) is 66.3 Å². The summed E-state index contributed by atoms with van der Waals surface area (Å²) in [4.78, 5) is 11.4. The summed E-state index contributed by atoms with van der Waals surface area (Å²) in [5.74, 6) is 8.45. The fourth-order valence-electron chi connectivity index (χ4n) is 5.36. The third-order valence-corrected chi connectivity index (χ3v) is 7.64. The second kappa shape index (κ2) is 13.1. The highest BCUT2D eigenvalue weighted by Gasteiger charge is 2.26. The smallest absolute Gasteiger partial charge is 0.167 e. The Bertz CT molecular complexity index is 1560. The van der Waals surface area contributed by atoms with Crippen LogP contribution in [0.25, 0.3) is 11.3 Å². The SMILES string of the molecule is CC(OC1CCCCO1)c1nccn1Cc1cc(-c2ccc(C#Cc3ccc(CN4CC(CC#N)C4)nc3)cc2)on1. The van der Waals surface area contributed by atoms with E-state index in [0.717, 1.165) is 79.4 Å². The summed E-state index contributed by atoms with van der Waals surface area (Å²) in [6.07, 6.45) is 8.94. The van der Waals surface area contributed by atoms with E-state index in [-0.39, 0.29) is 12.4 Å². The molecule has 6 rings (SSSR count). The van der Waals surface area contributed by atoms with E-state index in [9.17, 15) is 0 Å². The zero-order valence-electron chi connectivity index (χ0n) is 23.8. The van der Waals surface area contributed by atoms with Gasteiger partial charge in [-0.15, -0.1) is 0 Å². The lowest BCUT2D eigenvalue weighted by Crippen LogP contribution is -2.45. The highest BCUT2D eigenvalue weighted by Crippen LogP contribution is 2.25. The zero-order valence-corrected chi connectivity index (χ0v) is 23.8. The summed E-state index contributed by atoms with van der Waals surface area (Å²) >= 11 is 0. The molecule has 0 N–H and O–H groups in total. The number of rotatable bonds is 9. The lowest BCUT2D eigenvalue weighted by molar-refractivity contribution is -0.188. The first-order valence-corrected chi connectivity index (χ1v) is 14.5. The number of aromatic nitrogens is 4. The van der Waals surface area contributed by atoms with Crippen molar-refractivity contribution in [2.45, 2.75) is 58.1 Å². The molecule has 4 aromatic rings. The van der Waals surface area contributed by atoms with E-state index in [1.54, 1.807) is 6.20 Å². The Morgan fingerprint density at radius 3 is 2.62 bits per heavy atom. The summed E-state index contributed by atoms with van der Waals surface area (Å²) in [7, 11) is 0. The zero-order chi connectivity index (χ0) is 28.7. The molecular formula is C33H34N6O3. The van der Waals surface area contributed by atoms with Crippen molar-refractivity contribution < 1.29 is 14.0 Å². The maximum Gasteiger partial charge on any atom is 0.167 e. The highest BCUT2D eigenvalue weighted by molar-refractivity contribution is 5.59. The molecule has 0 saturated carbocycles. The molecule has 2 saturated heterocycles.